The van der Waals surface area contributed by atoms with E-state index in [9.17, 15) is 0 Å². The van der Waals surface area contributed by atoms with E-state index in [1.165, 1.54) is 6.33 Å². The molecule has 1 atom stereocenters. The fourth-order valence-electron chi connectivity index (χ4n) is 2.98. The topological polar surface area (TPSA) is 86.0 Å². The highest BCUT2D eigenvalue weighted by atomic mass is 16.3. The molecule has 2 N–H and O–H groups in total. The van der Waals surface area contributed by atoms with Crippen LogP contribution in [0, 0.1) is 0 Å². The third kappa shape index (κ3) is 2.02. The number of nitrogen functional groups attached to an aromatic ring is 1. The highest BCUT2D eigenvalue weighted by Gasteiger charge is 2.31. The summed E-state index contributed by atoms with van der Waals surface area (Å²) in [6, 6.07) is 5.90. The molecule has 0 amide bonds. The number of nitrogens with two attached hydrogens (primary N) is 1. The van der Waals surface area contributed by atoms with E-state index < -0.39 is 0 Å². The molecule has 22 heavy (non-hydrogen) atoms. The number of furan rings is 1. The standard InChI is InChI=1S/C15H16N6O/c16-13-14(17-10-18-15(13)21-8-3-6-19-21)20-7-1-4-11(20)12-5-2-9-22-12/h2-3,5-6,8-11H,1,4,7,16H2. The van der Waals surface area contributed by atoms with Crippen molar-refractivity contribution in [2.24, 2.45) is 0 Å². The summed E-state index contributed by atoms with van der Waals surface area (Å²) in [7, 11) is 0. The SMILES string of the molecule is Nc1c(N2CCCC2c2ccco2)ncnc1-n1cccn1. The van der Waals surface area contributed by atoms with Crippen LogP contribution < -0.4 is 10.6 Å². The molecule has 0 aliphatic carbocycles. The molecule has 7 heteroatoms. The van der Waals surface area contributed by atoms with Crippen LogP contribution in [0.1, 0.15) is 24.6 Å². The first-order valence-electron chi connectivity index (χ1n) is 7.25. The molecule has 4 rings (SSSR count). The van der Waals surface area contributed by atoms with Crippen molar-refractivity contribution in [1.82, 2.24) is 19.7 Å². The Bertz CT molecular complexity index is 752. The second-order valence-electron chi connectivity index (χ2n) is 5.25. The normalized spacial score (nSPS) is 18.0. The Hall–Kier alpha value is -2.83. The van der Waals surface area contributed by atoms with Gasteiger partial charge in [0.2, 0.25) is 0 Å². The molecule has 1 fully saturated rings. The van der Waals surface area contributed by atoms with Crippen LogP contribution in [-0.2, 0) is 0 Å². The van der Waals surface area contributed by atoms with Gasteiger partial charge in [-0.2, -0.15) is 5.10 Å². The zero-order valence-corrected chi connectivity index (χ0v) is 12.0. The first kappa shape index (κ1) is 12.9. The zero-order valence-electron chi connectivity index (χ0n) is 12.0. The van der Waals surface area contributed by atoms with Crippen LogP contribution in [0.15, 0.2) is 47.6 Å². The highest BCUT2D eigenvalue weighted by Crippen LogP contribution is 2.38. The van der Waals surface area contributed by atoms with E-state index in [0.29, 0.717) is 11.5 Å². The van der Waals surface area contributed by atoms with Gasteiger partial charge in [-0.15, -0.1) is 0 Å². The summed E-state index contributed by atoms with van der Waals surface area (Å²) in [5, 5.41) is 4.19. The summed E-state index contributed by atoms with van der Waals surface area (Å²) in [5.74, 6) is 2.27. The number of anilines is 2. The van der Waals surface area contributed by atoms with Gasteiger partial charge < -0.3 is 15.1 Å². The maximum Gasteiger partial charge on any atom is 0.181 e. The van der Waals surface area contributed by atoms with Crippen LogP contribution >= 0.6 is 0 Å². The lowest BCUT2D eigenvalue weighted by molar-refractivity contribution is 0.464. The van der Waals surface area contributed by atoms with Crippen molar-refractivity contribution in [2.45, 2.75) is 18.9 Å². The fourth-order valence-corrected chi connectivity index (χ4v) is 2.98. The molecule has 1 unspecified atom stereocenters. The van der Waals surface area contributed by atoms with Gasteiger partial charge in [0.1, 0.15) is 17.8 Å². The Morgan fingerprint density at radius 3 is 2.91 bits per heavy atom. The predicted octanol–water partition coefficient (Wildman–Crippen LogP) is 2.18. The van der Waals surface area contributed by atoms with Crippen molar-refractivity contribution in [3.8, 4) is 5.82 Å². The summed E-state index contributed by atoms with van der Waals surface area (Å²) in [4.78, 5) is 10.8. The Morgan fingerprint density at radius 1 is 1.23 bits per heavy atom. The predicted molar refractivity (Wildman–Crippen MR) is 81.6 cm³/mol. The van der Waals surface area contributed by atoms with Crippen molar-refractivity contribution < 1.29 is 4.42 Å². The summed E-state index contributed by atoms with van der Waals surface area (Å²) < 4.78 is 7.22. The minimum Gasteiger partial charge on any atom is -0.467 e. The second-order valence-corrected chi connectivity index (χ2v) is 5.25. The molecule has 0 saturated carbocycles. The minimum atomic E-state index is 0.165. The molecule has 1 saturated heterocycles. The molecule has 0 spiro atoms. The molecule has 4 heterocycles. The van der Waals surface area contributed by atoms with Crippen LogP contribution in [0.25, 0.3) is 5.82 Å². The lowest BCUT2D eigenvalue weighted by Gasteiger charge is -2.25. The molecule has 3 aromatic rings. The monoisotopic (exact) mass is 296 g/mol. The van der Waals surface area contributed by atoms with Crippen LogP contribution in [0.4, 0.5) is 11.5 Å². The first-order chi connectivity index (χ1) is 10.8. The van der Waals surface area contributed by atoms with Crippen LogP contribution in [0.5, 0.6) is 0 Å². The summed E-state index contributed by atoms with van der Waals surface area (Å²) in [6.45, 7) is 0.894. The third-order valence-electron chi connectivity index (χ3n) is 3.96. The maximum atomic E-state index is 6.31. The average molecular weight is 296 g/mol. The number of nitrogens with zero attached hydrogens (tertiary/aromatic N) is 5. The summed E-state index contributed by atoms with van der Waals surface area (Å²) in [5.41, 5.74) is 6.84. The quantitative estimate of drug-likeness (QED) is 0.797. The van der Waals surface area contributed by atoms with Crippen molar-refractivity contribution >= 4 is 11.5 Å². The van der Waals surface area contributed by atoms with Crippen LogP contribution in [0.2, 0.25) is 0 Å². The Kier molecular flexibility index (Phi) is 3.03. The van der Waals surface area contributed by atoms with E-state index >= 15 is 0 Å². The smallest absolute Gasteiger partial charge is 0.181 e. The lowest BCUT2D eigenvalue weighted by Crippen LogP contribution is -2.25. The third-order valence-corrected chi connectivity index (χ3v) is 3.96. The van der Waals surface area contributed by atoms with E-state index in [2.05, 4.69) is 20.0 Å². The molecular weight excluding hydrogens is 280 g/mol. The molecular formula is C15H16N6O. The van der Waals surface area contributed by atoms with Gasteiger partial charge in [0.15, 0.2) is 11.6 Å². The van der Waals surface area contributed by atoms with Crippen molar-refractivity contribution in [3.05, 3.63) is 48.9 Å². The number of hydrogen-bond acceptors (Lipinski definition) is 6. The van der Waals surface area contributed by atoms with Crippen molar-refractivity contribution in [2.75, 3.05) is 17.2 Å². The van der Waals surface area contributed by atoms with E-state index in [4.69, 9.17) is 10.2 Å². The van der Waals surface area contributed by atoms with Gasteiger partial charge in [-0.3, -0.25) is 0 Å². The van der Waals surface area contributed by atoms with Gasteiger partial charge in [-0.1, -0.05) is 0 Å². The molecule has 0 aromatic carbocycles. The molecule has 0 radical (unpaired) electrons. The van der Waals surface area contributed by atoms with E-state index in [0.717, 1.165) is 31.0 Å². The summed E-state index contributed by atoms with van der Waals surface area (Å²) in [6.07, 6.45) is 8.84. The van der Waals surface area contributed by atoms with Gasteiger partial charge >= 0.3 is 0 Å². The Balaban J connectivity index is 1.75. The molecule has 1 aliphatic rings. The fraction of sp³-hybridized carbons (Fsp3) is 0.267. The average Bonchev–Trinajstić information content (AvgIpc) is 3.28. The molecule has 112 valence electrons. The molecule has 1 aliphatic heterocycles. The van der Waals surface area contributed by atoms with Crippen LogP contribution in [0.3, 0.4) is 0 Å². The van der Waals surface area contributed by atoms with Gasteiger partial charge in [0.25, 0.3) is 0 Å². The van der Waals surface area contributed by atoms with E-state index in [1.54, 1.807) is 17.1 Å². The van der Waals surface area contributed by atoms with Gasteiger partial charge in [-0.05, 0) is 31.0 Å². The summed E-state index contributed by atoms with van der Waals surface area (Å²) >= 11 is 0. The maximum absolute atomic E-state index is 6.31. The second kappa shape index (κ2) is 5.18. The molecule has 3 aromatic heterocycles. The number of aromatic nitrogens is 4. The Morgan fingerprint density at radius 2 is 2.14 bits per heavy atom. The number of hydrogen-bond donors (Lipinski definition) is 1. The molecule has 0 bridgehead atoms. The molecule has 7 nitrogen and oxygen atoms in total. The highest BCUT2D eigenvalue weighted by molar-refractivity contribution is 5.70. The van der Waals surface area contributed by atoms with Gasteiger partial charge in [0, 0.05) is 18.9 Å². The van der Waals surface area contributed by atoms with Gasteiger partial charge in [-0.25, -0.2) is 14.6 Å². The van der Waals surface area contributed by atoms with Crippen LogP contribution in [-0.4, -0.2) is 26.3 Å². The van der Waals surface area contributed by atoms with Gasteiger partial charge in [0.05, 0.1) is 12.3 Å². The lowest BCUT2D eigenvalue weighted by atomic mass is 10.1. The largest absolute Gasteiger partial charge is 0.467 e. The van der Waals surface area contributed by atoms with E-state index in [1.807, 2.05) is 24.4 Å². The first-order valence-corrected chi connectivity index (χ1v) is 7.25. The van der Waals surface area contributed by atoms with E-state index in [-0.39, 0.29) is 6.04 Å². The number of rotatable bonds is 3. The zero-order chi connectivity index (χ0) is 14.9. The van der Waals surface area contributed by atoms with Crippen molar-refractivity contribution in [1.29, 1.82) is 0 Å². The Labute approximate surface area is 127 Å². The minimum absolute atomic E-state index is 0.165. The van der Waals surface area contributed by atoms with Crippen molar-refractivity contribution in [3.63, 3.8) is 0 Å².